The van der Waals surface area contributed by atoms with Crippen LogP contribution in [0.1, 0.15) is 45.4 Å². The standard InChI is InChI=1S/C18H33N7O/c1-5-15-23-22-14-25(15)12-11-20-17(19-6-2)21-13-18(9-7-8-10-18)16(26)24(3)4/h14H,5-13H2,1-4H3,(H2,19,20,21). The lowest BCUT2D eigenvalue weighted by Gasteiger charge is -2.29. The minimum absolute atomic E-state index is 0.201. The van der Waals surface area contributed by atoms with E-state index in [0.717, 1.165) is 63.5 Å². The minimum Gasteiger partial charge on any atom is -0.357 e. The Morgan fingerprint density at radius 3 is 2.65 bits per heavy atom. The monoisotopic (exact) mass is 363 g/mol. The first kappa shape index (κ1) is 20.2. The van der Waals surface area contributed by atoms with Crippen molar-refractivity contribution in [1.29, 1.82) is 0 Å². The smallest absolute Gasteiger partial charge is 0.230 e. The van der Waals surface area contributed by atoms with Gasteiger partial charge in [-0.05, 0) is 19.8 Å². The summed E-state index contributed by atoms with van der Waals surface area (Å²) in [6.07, 6.45) is 6.68. The molecule has 0 aliphatic heterocycles. The zero-order valence-corrected chi connectivity index (χ0v) is 16.6. The Morgan fingerprint density at radius 1 is 1.31 bits per heavy atom. The Labute approximate surface area is 156 Å². The molecule has 0 spiro atoms. The highest BCUT2D eigenvalue weighted by molar-refractivity contribution is 5.84. The number of aryl methyl sites for hydroxylation is 1. The number of hydrogen-bond donors (Lipinski definition) is 2. The molecule has 2 N–H and O–H groups in total. The van der Waals surface area contributed by atoms with Gasteiger partial charge in [-0.1, -0.05) is 19.8 Å². The second-order valence-corrected chi connectivity index (χ2v) is 7.10. The van der Waals surface area contributed by atoms with Crippen LogP contribution in [-0.4, -0.2) is 65.3 Å². The van der Waals surface area contributed by atoms with E-state index >= 15 is 0 Å². The summed E-state index contributed by atoms with van der Waals surface area (Å²) in [5.41, 5.74) is -0.338. The third-order valence-corrected chi connectivity index (χ3v) is 4.96. The molecule has 1 aliphatic carbocycles. The molecule has 1 heterocycles. The summed E-state index contributed by atoms with van der Waals surface area (Å²) in [5.74, 6) is 1.94. The number of hydrogen-bond acceptors (Lipinski definition) is 4. The zero-order chi connectivity index (χ0) is 19.0. The number of carbonyl (C=O) groups is 1. The molecule has 0 atom stereocenters. The van der Waals surface area contributed by atoms with Crippen molar-refractivity contribution in [2.45, 2.75) is 52.5 Å². The van der Waals surface area contributed by atoms with Gasteiger partial charge in [-0.15, -0.1) is 10.2 Å². The second kappa shape index (κ2) is 9.54. The van der Waals surface area contributed by atoms with Gasteiger partial charge in [0.05, 0.1) is 12.0 Å². The van der Waals surface area contributed by atoms with Crippen molar-refractivity contribution >= 4 is 11.9 Å². The fourth-order valence-corrected chi connectivity index (χ4v) is 3.57. The maximum absolute atomic E-state index is 12.7. The minimum atomic E-state index is -0.338. The molecule has 146 valence electrons. The second-order valence-electron chi connectivity index (χ2n) is 7.10. The Kier molecular flexibility index (Phi) is 7.41. The van der Waals surface area contributed by atoms with Crippen molar-refractivity contribution in [3.05, 3.63) is 12.2 Å². The van der Waals surface area contributed by atoms with Crippen LogP contribution in [0.4, 0.5) is 0 Å². The first-order valence-electron chi connectivity index (χ1n) is 9.63. The molecule has 0 saturated heterocycles. The lowest BCUT2D eigenvalue weighted by Crippen LogP contribution is -2.43. The van der Waals surface area contributed by atoms with Crippen LogP contribution in [0.2, 0.25) is 0 Å². The number of aliphatic imine (C=N–C) groups is 1. The molecule has 1 fully saturated rings. The van der Waals surface area contributed by atoms with Gasteiger partial charge in [0.2, 0.25) is 5.91 Å². The van der Waals surface area contributed by atoms with E-state index < -0.39 is 0 Å². The van der Waals surface area contributed by atoms with Crippen LogP contribution in [-0.2, 0) is 17.8 Å². The maximum atomic E-state index is 12.7. The molecular formula is C18H33N7O. The van der Waals surface area contributed by atoms with Crippen LogP contribution in [0.25, 0.3) is 0 Å². The average Bonchev–Trinajstić information content (AvgIpc) is 3.28. The number of nitrogens with zero attached hydrogens (tertiary/aromatic N) is 5. The first-order chi connectivity index (χ1) is 12.5. The quantitative estimate of drug-likeness (QED) is 0.532. The predicted molar refractivity (Wildman–Crippen MR) is 103 cm³/mol. The predicted octanol–water partition coefficient (Wildman–Crippen LogP) is 1.04. The van der Waals surface area contributed by atoms with Crippen molar-refractivity contribution in [3.8, 4) is 0 Å². The number of rotatable bonds is 8. The number of guanidine groups is 1. The summed E-state index contributed by atoms with van der Waals surface area (Å²) in [4.78, 5) is 19.1. The average molecular weight is 364 g/mol. The van der Waals surface area contributed by atoms with Gasteiger partial charge in [0.15, 0.2) is 5.96 Å². The van der Waals surface area contributed by atoms with E-state index in [9.17, 15) is 4.79 Å². The van der Waals surface area contributed by atoms with Gasteiger partial charge in [0.1, 0.15) is 12.2 Å². The van der Waals surface area contributed by atoms with E-state index in [2.05, 4.69) is 27.8 Å². The highest BCUT2D eigenvalue weighted by Gasteiger charge is 2.42. The Bertz CT molecular complexity index is 602. The van der Waals surface area contributed by atoms with Crippen molar-refractivity contribution in [2.75, 3.05) is 33.7 Å². The number of nitrogens with one attached hydrogen (secondary N) is 2. The normalized spacial score (nSPS) is 16.5. The molecule has 0 unspecified atom stereocenters. The summed E-state index contributed by atoms with van der Waals surface area (Å²) >= 11 is 0. The van der Waals surface area contributed by atoms with Crippen molar-refractivity contribution in [3.63, 3.8) is 0 Å². The zero-order valence-electron chi connectivity index (χ0n) is 16.6. The Balaban J connectivity index is 1.97. The van der Waals surface area contributed by atoms with Gasteiger partial charge < -0.3 is 20.1 Å². The third kappa shape index (κ3) is 4.95. The van der Waals surface area contributed by atoms with Crippen LogP contribution in [0.5, 0.6) is 0 Å². The van der Waals surface area contributed by atoms with E-state index in [4.69, 9.17) is 4.99 Å². The lowest BCUT2D eigenvalue weighted by atomic mass is 9.85. The van der Waals surface area contributed by atoms with Gasteiger partial charge in [-0.25, -0.2) is 0 Å². The summed E-state index contributed by atoms with van der Waals surface area (Å²) < 4.78 is 2.05. The number of amides is 1. The fourth-order valence-electron chi connectivity index (χ4n) is 3.57. The van der Waals surface area contributed by atoms with Gasteiger partial charge in [0, 0.05) is 40.2 Å². The lowest BCUT2D eigenvalue weighted by molar-refractivity contribution is -0.138. The SMILES string of the molecule is CCNC(=NCC1(C(=O)N(C)C)CCCC1)NCCn1cnnc1CC. The molecule has 1 aromatic heterocycles. The van der Waals surface area contributed by atoms with Crippen molar-refractivity contribution < 1.29 is 4.79 Å². The van der Waals surface area contributed by atoms with Gasteiger partial charge in [-0.2, -0.15) is 0 Å². The molecule has 1 amide bonds. The molecule has 0 aromatic carbocycles. The molecule has 0 radical (unpaired) electrons. The van der Waals surface area contributed by atoms with Gasteiger partial charge >= 0.3 is 0 Å². The summed E-state index contributed by atoms with van der Waals surface area (Å²) in [7, 11) is 3.67. The Hall–Kier alpha value is -2.12. The first-order valence-corrected chi connectivity index (χ1v) is 9.63. The number of carbonyl (C=O) groups excluding carboxylic acids is 1. The summed E-state index contributed by atoms with van der Waals surface area (Å²) in [5, 5.41) is 14.7. The molecule has 1 aliphatic rings. The highest BCUT2D eigenvalue weighted by atomic mass is 16.2. The van der Waals surface area contributed by atoms with E-state index in [-0.39, 0.29) is 11.3 Å². The number of aromatic nitrogens is 3. The highest BCUT2D eigenvalue weighted by Crippen LogP contribution is 2.39. The molecule has 8 nitrogen and oxygen atoms in total. The molecule has 2 rings (SSSR count). The van der Waals surface area contributed by atoms with E-state index in [1.807, 2.05) is 25.6 Å². The molecule has 1 aromatic rings. The third-order valence-electron chi connectivity index (χ3n) is 4.96. The van der Waals surface area contributed by atoms with E-state index in [0.29, 0.717) is 6.54 Å². The largest absolute Gasteiger partial charge is 0.357 e. The molecule has 1 saturated carbocycles. The van der Waals surface area contributed by atoms with Crippen LogP contribution in [0, 0.1) is 5.41 Å². The maximum Gasteiger partial charge on any atom is 0.230 e. The fraction of sp³-hybridized carbons (Fsp3) is 0.778. The van der Waals surface area contributed by atoms with Crippen LogP contribution < -0.4 is 10.6 Å². The molecule has 26 heavy (non-hydrogen) atoms. The molecular weight excluding hydrogens is 330 g/mol. The molecule has 0 bridgehead atoms. The summed E-state index contributed by atoms with van der Waals surface area (Å²) in [6.45, 7) is 6.94. The van der Waals surface area contributed by atoms with E-state index in [1.54, 1.807) is 11.2 Å². The van der Waals surface area contributed by atoms with Crippen molar-refractivity contribution in [1.82, 2.24) is 30.3 Å². The van der Waals surface area contributed by atoms with E-state index in [1.165, 1.54) is 0 Å². The van der Waals surface area contributed by atoms with Gasteiger partial charge in [-0.3, -0.25) is 9.79 Å². The van der Waals surface area contributed by atoms with Crippen LogP contribution >= 0.6 is 0 Å². The van der Waals surface area contributed by atoms with Crippen LogP contribution in [0.15, 0.2) is 11.3 Å². The molecule has 8 heteroatoms. The van der Waals surface area contributed by atoms with Crippen LogP contribution in [0.3, 0.4) is 0 Å². The Morgan fingerprint density at radius 2 is 2.04 bits per heavy atom. The van der Waals surface area contributed by atoms with Gasteiger partial charge in [0.25, 0.3) is 0 Å². The van der Waals surface area contributed by atoms with Crippen molar-refractivity contribution in [2.24, 2.45) is 10.4 Å². The summed E-state index contributed by atoms with van der Waals surface area (Å²) in [6, 6.07) is 0. The topological polar surface area (TPSA) is 87.4 Å².